The SMILES string of the molecule is COc1cc(OC(=O)c2ccc(C)cc2)ccc1-c1ccc2c(c1COc1cc(F)ccc1C)N(C)C(=O)C(C)(C)N2. The standard InChI is InChI=1S/C34H33FN2O5/c1-20-7-10-22(11-8-20)32(38)42-24-13-14-26(30(18-24)40-6)25-15-16-28-31(37(5)33(39)34(3,4)36-28)27(25)19-41-29-17-23(35)12-9-21(29)2/h7-18,36H,19H2,1-6H3. The molecule has 8 heteroatoms. The Morgan fingerprint density at radius 1 is 0.929 bits per heavy atom. The Hall–Kier alpha value is -4.85. The number of hydrogen-bond acceptors (Lipinski definition) is 6. The molecule has 0 radical (unpaired) electrons. The first kappa shape index (κ1) is 28.7. The molecule has 42 heavy (non-hydrogen) atoms. The van der Waals surface area contributed by atoms with Crippen molar-refractivity contribution in [1.29, 1.82) is 0 Å². The molecule has 0 saturated heterocycles. The predicted octanol–water partition coefficient (Wildman–Crippen LogP) is 7.08. The Morgan fingerprint density at radius 3 is 2.36 bits per heavy atom. The third-order valence-electron chi connectivity index (χ3n) is 7.39. The number of methoxy groups -OCH3 is 1. The Morgan fingerprint density at radius 2 is 1.64 bits per heavy atom. The van der Waals surface area contributed by atoms with Gasteiger partial charge in [-0.15, -0.1) is 0 Å². The van der Waals surface area contributed by atoms with Gasteiger partial charge >= 0.3 is 5.97 Å². The van der Waals surface area contributed by atoms with E-state index >= 15 is 0 Å². The number of amides is 1. The summed E-state index contributed by atoms with van der Waals surface area (Å²) in [7, 11) is 3.27. The zero-order valence-electron chi connectivity index (χ0n) is 24.5. The zero-order chi connectivity index (χ0) is 30.2. The van der Waals surface area contributed by atoms with Gasteiger partial charge in [0.05, 0.1) is 24.0 Å². The summed E-state index contributed by atoms with van der Waals surface area (Å²) < 4.78 is 31.6. The minimum absolute atomic E-state index is 0.0514. The third-order valence-corrected chi connectivity index (χ3v) is 7.39. The molecule has 0 saturated carbocycles. The van der Waals surface area contributed by atoms with Crippen LogP contribution in [0.25, 0.3) is 11.1 Å². The first-order chi connectivity index (χ1) is 20.0. The van der Waals surface area contributed by atoms with Crippen LogP contribution in [-0.4, -0.2) is 31.6 Å². The lowest BCUT2D eigenvalue weighted by molar-refractivity contribution is -0.121. The molecule has 0 spiro atoms. The van der Waals surface area contributed by atoms with Crippen molar-refractivity contribution in [1.82, 2.24) is 0 Å². The first-order valence-corrected chi connectivity index (χ1v) is 13.6. The molecule has 1 aliphatic rings. The van der Waals surface area contributed by atoms with Crippen LogP contribution in [0.1, 0.15) is 40.9 Å². The van der Waals surface area contributed by atoms with Gasteiger partial charge in [0.1, 0.15) is 35.2 Å². The molecule has 0 fully saturated rings. The molecule has 7 nitrogen and oxygen atoms in total. The van der Waals surface area contributed by atoms with Crippen LogP contribution in [0.4, 0.5) is 15.8 Å². The summed E-state index contributed by atoms with van der Waals surface area (Å²) in [5.74, 6) is 0.196. The van der Waals surface area contributed by atoms with Crippen molar-refractivity contribution in [2.24, 2.45) is 0 Å². The van der Waals surface area contributed by atoms with E-state index in [1.54, 1.807) is 48.3 Å². The molecule has 1 heterocycles. The molecule has 4 aromatic rings. The molecule has 1 amide bonds. The Labute approximate surface area is 244 Å². The molecule has 0 unspecified atom stereocenters. The van der Waals surface area contributed by atoms with Crippen LogP contribution >= 0.6 is 0 Å². The Kier molecular flexibility index (Phi) is 7.65. The number of anilines is 2. The third kappa shape index (κ3) is 5.52. The van der Waals surface area contributed by atoms with Crippen molar-refractivity contribution < 1.29 is 28.2 Å². The molecule has 0 aromatic heterocycles. The van der Waals surface area contributed by atoms with Gasteiger partial charge in [0, 0.05) is 30.3 Å². The van der Waals surface area contributed by atoms with Crippen molar-refractivity contribution in [3.63, 3.8) is 0 Å². The van der Waals surface area contributed by atoms with Crippen LogP contribution in [0, 0.1) is 19.7 Å². The fraction of sp³-hybridized carbons (Fsp3) is 0.235. The number of esters is 1. The monoisotopic (exact) mass is 568 g/mol. The van der Waals surface area contributed by atoms with E-state index in [1.165, 1.54) is 19.2 Å². The number of carbonyl (C=O) groups excluding carboxylic acids is 2. The summed E-state index contributed by atoms with van der Waals surface area (Å²) in [5.41, 5.74) is 5.04. The van der Waals surface area contributed by atoms with E-state index in [-0.39, 0.29) is 12.5 Å². The summed E-state index contributed by atoms with van der Waals surface area (Å²) in [6.45, 7) is 7.50. The molecule has 1 N–H and O–H groups in total. The lowest BCUT2D eigenvalue weighted by Gasteiger charge is -2.39. The number of ether oxygens (including phenoxy) is 3. The maximum Gasteiger partial charge on any atom is 0.343 e. The topological polar surface area (TPSA) is 77.1 Å². The van der Waals surface area contributed by atoms with E-state index in [2.05, 4.69) is 5.32 Å². The van der Waals surface area contributed by atoms with E-state index in [9.17, 15) is 14.0 Å². The van der Waals surface area contributed by atoms with Crippen LogP contribution in [0.5, 0.6) is 17.2 Å². The number of nitrogens with one attached hydrogen (secondary N) is 1. The number of likely N-dealkylation sites (N-methyl/N-ethyl adjacent to an activating group) is 1. The molecule has 0 aliphatic carbocycles. The van der Waals surface area contributed by atoms with Crippen LogP contribution in [0.3, 0.4) is 0 Å². The molecule has 4 aromatic carbocycles. The highest BCUT2D eigenvalue weighted by atomic mass is 19.1. The second-order valence-electron chi connectivity index (χ2n) is 10.9. The number of benzene rings is 4. The van der Waals surface area contributed by atoms with E-state index < -0.39 is 17.3 Å². The quantitative estimate of drug-likeness (QED) is 0.190. The average Bonchev–Trinajstić information content (AvgIpc) is 2.96. The second-order valence-corrected chi connectivity index (χ2v) is 10.9. The second kappa shape index (κ2) is 11.2. The summed E-state index contributed by atoms with van der Waals surface area (Å²) >= 11 is 0. The number of fused-ring (bicyclic) bond motifs is 1. The fourth-order valence-electron chi connectivity index (χ4n) is 5.12. The lowest BCUT2D eigenvalue weighted by Crippen LogP contribution is -2.52. The number of rotatable bonds is 7. The molecule has 0 atom stereocenters. The largest absolute Gasteiger partial charge is 0.496 e. The number of hydrogen-bond donors (Lipinski definition) is 1. The van der Waals surface area contributed by atoms with Crippen LogP contribution in [0.2, 0.25) is 0 Å². The first-order valence-electron chi connectivity index (χ1n) is 13.6. The van der Waals surface area contributed by atoms with Gasteiger partial charge in [0.25, 0.3) is 5.91 Å². The van der Waals surface area contributed by atoms with Crippen molar-refractivity contribution in [3.05, 3.63) is 101 Å². The van der Waals surface area contributed by atoms with E-state index in [0.29, 0.717) is 39.6 Å². The number of aryl methyl sites for hydroxylation is 2. The fourth-order valence-corrected chi connectivity index (χ4v) is 5.12. The number of nitrogens with zero attached hydrogens (tertiary/aromatic N) is 1. The van der Waals surface area contributed by atoms with Gasteiger partial charge in [-0.25, -0.2) is 9.18 Å². The molecule has 0 bridgehead atoms. The molecular weight excluding hydrogens is 535 g/mol. The average molecular weight is 569 g/mol. The number of halogens is 1. The normalized spacial score (nSPS) is 13.7. The lowest BCUT2D eigenvalue weighted by atomic mass is 9.91. The molecular formula is C34H33FN2O5. The van der Waals surface area contributed by atoms with Crippen LogP contribution in [0.15, 0.2) is 72.8 Å². The van der Waals surface area contributed by atoms with Crippen molar-refractivity contribution in [2.45, 2.75) is 39.8 Å². The van der Waals surface area contributed by atoms with Crippen molar-refractivity contribution in [3.8, 4) is 28.4 Å². The van der Waals surface area contributed by atoms with Crippen LogP contribution < -0.4 is 24.4 Å². The van der Waals surface area contributed by atoms with Crippen molar-refractivity contribution in [2.75, 3.05) is 24.4 Å². The maximum absolute atomic E-state index is 14.0. The van der Waals surface area contributed by atoms with Crippen LogP contribution in [-0.2, 0) is 11.4 Å². The molecule has 5 rings (SSSR count). The van der Waals surface area contributed by atoms with Gasteiger partial charge in [0.15, 0.2) is 0 Å². The summed E-state index contributed by atoms with van der Waals surface area (Å²) in [6, 6.07) is 20.5. The molecule has 216 valence electrons. The minimum Gasteiger partial charge on any atom is -0.496 e. The number of carbonyl (C=O) groups is 2. The highest BCUT2D eigenvalue weighted by Crippen LogP contribution is 2.45. The Balaban J connectivity index is 1.57. The van der Waals surface area contributed by atoms with Gasteiger partial charge in [-0.1, -0.05) is 29.8 Å². The highest BCUT2D eigenvalue weighted by Gasteiger charge is 2.38. The minimum atomic E-state index is -0.804. The summed E-state index contributed by atoms with van der Waals surface area (Å²) in [4.78, 5) is 27.6. The zero-order valence-corrected chi connectivity index (χ0v) is 24.5. The predicted molar refractivity (Wildman–Crippen MR) is 161 cm³/mol. The maximum atomic E-state index is 14.0. The van der Waals surface area contributed by atoms with Gasteiger partial charge in [-0.3, -0.25) is 4.79 Å². The van der Waals surface area contributed by atoms with Gasteiger partial charge < -0.3 is 24.4 Å². The van der Waals surface area contributed by atoms with Crippen molar-refractivity contribution >= 4 is 23.3 Å². The van der Waals surface area contributed by atoms with E-state index in [1.807, 2.05) is 52.0 Å². The van der Waals surface area contributed by atoms with E-state index in [4.69, 9.17) is 14.2 Å². The summed E-state index contributed by atoms with van der Waals surface area (Å²) in [5, 5.41) is 3.34. The Bertz CT molecular complexity index is 1680. The molecule has 1 aliphatic heterocycles. The highest BCUT2D eigenvalue weighted by molar-refractivity contribution is 6.08. The van der Waals surface area contributed by atoms with Gasteiger partial charge in [-0.05, 0) is 75.2 Å². The van der Waals surface area contributed by atoms with E-state index in [0.717, 1.165) is 22.4 Å². The smallest absolute Gasteiger partial charge is 0.343 e. The van der Waals surface area contributed by atoms with Gasteiger partial charge in [0.2, 0.25) is 0 Å². The van der Waals surface area contributed by atoms with Gasteiger partial charge in [-0.2, -0.15) is 0 Å². The summed E-state index contributed by atoms with van der Waals surface area (Å²) in [6.07, 6.45) is 0.